The molecule has 0 spiro atoms. The van der Waals surface area contributed by atoms with Crippen molar-refractivity contribution in [1.29, 1.82) is 0 Å². The zero-order valence-electron chi connectivity index (χ0n) is 14.0. The third kappa shape index (κ3) is 3.68. The quantitative estimate of drug-likeness (QED) is 0.570. The van der Waals surface area contributed by atoms with Gasteiger partial charge in [0, 0.05) is 17.0 Å². The van der Waals surface area contributed by atoms with Crippen molar-refractivity contribution >= 4 is 12.1 Å². The summed E-state index contributed by atoms with van der Waals surface area (Å²) >= 11 is 0. The molecule has 0 fully saturated rings. The summed E-state index contributed by atoms with van der Waals surface area (Å²) < 4.78 is 21.0. The third-order valence-electron chi connectivity index (χ3n) is 4.00. The molecule has 1 amide bonds. The van der Waals surface area contributed by atoms with Crippen molar-refractivity contribution in [1.82, 2.24) is 9.99 Å². The molecule has 128 valence electrons. The van der Waals surface area contributed by atoms with E-state index in [1.165, 1.54) is 18.2 Å². The number of benzene rings is 1. The number of aromatic nitrogens is 1. The van der Waals surface area contributed by atoms with E-state index < -0.39 is 11.7 Å². The van der Waals surface area contributed by atoms with E-state index in [0.717, 1.165) is 22.7 Å². The number of aryl methyl sites for hydroxylation is 1. The predicted molar refractivity (Wildman–Crippen MR) is 93.2 cm³/mol. The summed E-state index contributed by atoms with van der Waals surface area (Å²) in [4.78, 5) is 11.9. The zero-order valence-corrected chi connectivity index (χ0v) is 14.0. The monoisotopic (exact) mass is 339 g/mol. The van der Waals surface area contributed by atoms with Crippen LogP contribution < -0.4 is 5.43 Å². The number of carbonyl (C=O) groups is 1. The average Bonchev–Trinajstić information content (AvgIpc) is 3.19. The van der Waals surface area contributed by atoms with Crippen LogP contribution in [0.15, 0.2) is 58.2 Å². The normalized spacial score (nSPS) is 11.2. The summed E-state index contributed by atoms with van der Waals surface area (Å²) in [6.07, 6.45) is 3.20. The first kappa shape index (κ1) is 16.7. The van der Waals surface area contributed by atoms with E-state index in [9.17, 15) is 9.18 Å². The van der Waals surface area contributed by atoms with Crippen LogP contribution in [-0.4, -0.2) is 16.7 Å². The SMILES string of the molecule is Cc1cc(/C=N\NC(=O)c2ccccc2F)c(C)n1Cc1ccco1. The van der Waals surface area contributed by atoms with Crippen molar-refractivity contribution in [3.63, 3.8) is 0 Å². The molecular formula is C19H18FN3O2. The number of hydrazone groups is 1. The molecule has 0 saturated heterocycles. The van der Waals surface area contributed by atoms with Crippen LogP contribution in [0.3, 0.4) is 0 Å². The van der Waals surface area contributed by atoms with Crippen molar-refractivity contribution in [3.8, 4) is 0 Å². The molecule has 0 bridgehead atoms. The van der Waals surface area contributed by atoms with E-state index in [1.54, 1.807) is 18.5 Å². The van der Waals surface area contributed by atoms with Gasteiger partial charge in [-0.1, -0.05) is 12.1 Å². The fourth-order valence-electron chi connectivity index (χ4n) is 2.63. The Labute approximate surface area is 144 Å². The molecule has 2 heterocycles. The third-order valence-corrected chi connectivity index (χ3v) is 4.00. The standard InChI is InChI=1S/C19H18FN3O2/c1-13-10-15(14(2)23(13)12-16-6-5-9-25-16)11-21-22-19(24)17-7-3-4-8-18(17)20/h3-11H,12H2,1-2H3,(H,22,24)/b21-11-. The average molecular weight is 339 g/mol. The highest BCUT2D eigenvalue weighted by atomic mass is 19.1. The minimum atomic E-state index is -0.584. The molecule has 2 aromatic heterocycles. The molecule has 25 heavy (non-hydrogen) atoms. The number of nitrogens with zero attached hydrogens (tertiary/aromatic N) is 2. The molecule has 0 atom stereocenters. The van der Waals surface area contributed by atoms with Crippen molar-refractivity contribution in [2.45, 2.75) is 20.4 Å². The van der Waals surface area contributed by atoms with E-state index >= 15 is 0 Å². The minimum absolute atomic E-state index is 0.0389. The van der Waals surface area contributed by atoms with E-state index in [1.807, 2.05) is 32.0 Å². The Hall–Kier alpha value is -3.15. The van der Waals surface area contributed by atoms with Crippen LogP contribution in [0.5, 0.6) is 0 Å². The van der Waals surface area contributed by atoms with E-state index in [4.69, 9.17) is 4.42 Å². The van der Waals surface area contributed by atoms with Crippen molar-refractivity contribution in [2.24, 2.45) is 5.10 Å². The van der Waals surface area contributed by atoms with Gasteiger partial charge in [-0.05, 0) is 44.2 Å². The highest BCUT2D eigenvalue weighted by Gasteiger charge is 2.11. The first-order valence-corrected chi connectivity index (χ1v) is 7.83. The lowest BCUT2D eigenvalue weighted by Gasteiger charge is -2.07. The summed E-state index contributed by atoms with van der Waals surface area (Å²) in [7, 11) is 0. The van der Waals surface area contributed by atoms with Gasteiger partial charge >= 0.3 is 0 Å². The Kier molecular flexibility index (Phi) is 4.79. The van der Waals surface area contributed by atoms with Crippen molar-refractivity contribution < 1.29 is 13.6 Å². The predicted octanol–water partition coefficient (Wildman–Crippen LogP) is 3.65. The summed E-state index contributed by atoms with van der Waals surface area (Å²) in [6.45, 7) is 4.58. The first-order valence-electron chi connectivity index (χ1n) is 7.83. The van der Waals surface area contributed by atoms with Crippen LogP contribution in [0.25, 0.3) is 0 Å². The van der Waals surface area contributed by atoms with Gasteiger partial charge in [-0.2, -0.15) is 5.10 Å². The molecule has 0 aliphatic heterocycles. The maximum absolute atomic E-state index is 13.6. The number of carbonyl (C=O) groups excluding carboxylic acids is 1. The van der Waals surface area contributed by atoms with Crippen LogP contribution in [0.4, 0.5) is 4.39 Å². The van der Waals surface area contributed by atoms with Gasteiger partial charge in [0.15, 0.2) is 0 Å². The van der Waals surface area contributed by atoms with Crippen LogP contribution in [0, 0.1) is 19.7 Å². The molecule has 3 aromatic rings. The van der Waals surface area contributed by atoms with E-state index in [-0.39, 0.29) is 5.56 Å². The molecule has 0 unspecified atom stereocenters. The first-order chi connectivity index (χ1) is 12.1. The summed E-state index contributed by atoms with van der Waals surface area (Å²) in [5.74, 6) is -0.302. The number of amides is 1. The van der Waals surface area contributed by atoms with Gasteiger partial charge in [-0.15, -0.1) is 0 Å². The number of nitrogens with one attached hydrogen (secondary N) is 1. The maximum atomic E-state index is 13.6. The minimum Gasteiger partial charge on any atom is -0.467 e. The lowest BCUT2D eigenvalue weighted by molar-refractivity contribution is 0.0951. The molecule has 0 saturated carbocycles. The van der Waals surface area contributed by atoms with E-state index in [0.29, 0.717) is 6.54 Å². The van der Waals surface area contributed by atoms with Gasteiger partial charge in [0.2, 0.25) is 0 Å². The molecule has 3 rings (SSSR count). The summed E-state index contributed by atoms with van der Waals surface area (Å²) in [5.41, 5.74) is 5.24. The smallest absolute Gasteiger partial charge is 0.274 e. The second-order valence-electron chi connectivity index (χ2n) is 5.67. The Morgan fingerprint density at radius 2 is 2.08 bits per heavy atom. The maximum Gasteiger partial charge on any atom is 0.274 e. The zero-order chi connectivity index (χ0) is 17.8. The van der Waals surface area contributed by atoms with Crippen molar-refractivity contribution in [3.05, 3.63) is 82.8 Å². The number of furan rings is 1. The fraction of sp³-hybridized carbons (Fsp3) is 0.158. The second kappa shape index (κ2) is 7.17. The molecule has 5 nitrogen and oxygen atoms in total. The molecule has 0 aliphatic carbocycles. The molecule has 0 radical (unpaired) electrons. The Morgan fingerprint density at radius 3 is 2.80 bits per heavy atom. The van der Waals surface area contributed by atoms with Crippen LogP contribution >= 0.6 is 0 Å². The van der Waals surface area contributed by atoms with Crippen LogP contribution in [0.1, 0.15) is 33.1 Å². The summed E-state index contributed by atoms with van der Waals surface area (Å²) in [6, 6.07) is 11.5. The second-order valence-corrected chi connectivity index (χ2v) is 5.67. The topological polar surface area (TPSA) is 59.5 Å². The van der Waals surface area contributed by atoms with Gasteiger partial charge in [-0.3, -0.25) is 4.79 Å². The van der Waals surface area contributed by atoms with Crippen LogP contribution in [0.2, 0.25) is 0 Å². The van der Waals surface area contributed by atoms with Gasteiger partial charge < -0.3 is 8.98 Å². The van der Waals surface area contributed by atoms with Gasteiger partial charge in [0.05, 0.1) is 24.6 Å². The number of halogens is 1. The van der Waals surface area contributed by atoms with Gasteiger partial charge in [-0.25, -0.2) is 9.82 Å². The Balaban J connectivity index is 1.72. The van der Waals surface area contributed by atoms with Gasteiger partial charge in [0.1, 0.15) is 11.6 Å². The lowest BCUT2D eigenvalue weighted by Crippen LogP contribution is -2.19. The molecular weight excluding hydrogens is 321 g/mol. The number of hydrogen-bond donors (Lipinski definition) is 1. The lowest BCUT2D eigenvalue weighted by atomic mass is 10.2. The Bertz CT molecular complexity index is 911. The molecule has 6 heteroatoms. The summed E-state index contributed by atoms with van der Waals surface area (Å²) in [5, 5.41) is 3.94. The highest BCUT2D eigenvalue weighted by molar-refractivity contribution is 5.95. The van der Waals surface area contributed by atoms with Crippen LogP contribution in [-0.2, 0) is 6.54 Å². The molecule has 0 aliphatic rings. The number of hydrogen-bond acceptors (Lipinski definition) is 3. The van der Waals surface area contributed by atoms with Gasteiger partial charge in [0.25, 0.3) is 5.91 Å². The number of rotatable bonds is 5. The van der Waals surface area contributed by atoms with Crippen molar-refractivity contribution in [2.75, 3.05) is 0 Å². The van der Waals surface area contributed by atoms with E-state index in [2.05, 4.69) is 15.1 Å². The Morgan fingerprint density at radius 1 is 1.28 bits per heavy atom. The highest BCUT2D eigenvalue weighted by Crippen LogP contribution is 2.16. The fourth-order valence-corrected chi connectivity index (χ4v) is 2.63. The molecule has 1 N–H and O–H groups in total. The molecule has 1 aromatic carbocycles. The largest absolute Gasteiger partial charge is 0.467 e.